The molecule has 112 valence electrons. The Kier molecular flexibility index (Phi) is 5.47. The maximum absolute atomic E-state index is 3.50. The van der Waals surface area contributed by atoms with E-state index in [0.717, 1.165) is 19.0 Å². The number of nitrogens with one attached hydrogen (secondary N) is 1. The number of nitrogens with zero attached hydrogens (tertiary/aromatic N) is 1. The zero-order chi connectivity index (χ0) is 14.5. The third-order valence-corrected chi connectivity index (χ3v) is 3.92. The molecule has 0 aromatic heterocycles. The van der Waals surface area contributed by atoms with Gasteiger partial charge in [0.25, 0.3) is 0 Å². The number of anilines is 1. The summed E-state index contributed by atoms with van der Waals surface area (Å²) in [7, 11) is 0. The van der Waals surface area contributed by atoms with E-state index in [1.165, 1.54) is 30.6 Å². The highest BCUT2D eigenvalue weighted by molar-refractivity contribution is 5.48. The van der Waals surface area contributed by atoms with Crippen molar-refractivity contribution >= 4 is 5.69 Å². The van der Waals surface area contributed by atoms with E-state index < -0.39 is 0 Å². The number of hydrogen-bond acceptors (Lipinski definition) is 2. The first-order valence-corrected chi connectivity index (χ1v) is 8.12. The molecule has 0 radical (unpaired) electrons. The zero-order valence-corrected chi connectivity index (χ0v) is 13.5. The molecule has 1 N–H and O–H groups in total. The molecule has 0 bridgehead atoms. The van der Waals surface area contributed by atoms with Crippen molar-refractivity contribution in [2.45, 2.75) is 53.1 Å². The third-order valence-electron chi connectivity index (χ3n) is 3.92. The van der Waals surface area contributed by atoms with E-state index in [1.54, 1.807) is 0 Å². The van der Waals surface area contributed by atoms with Crippen molar-refractivity contribution in [1.29, 1.82) is 0 Å². The van der Waals surface area contributed by atoms with Gasteiger partial charge in [0.1, 0.15) is 0 Å². The van der Waals surface area contributed by atoms with Crippen LogP contribution in [0.15, 0.2) is 24.3 Å². The molecule has 2 rings (SSSR count). The minimum Gasteiger partial charge on any atom is -0.369 e. The first-order valence-electron chi connectivity index (χ1n) is 8.12. The molecule has 0 atom stereocenters. The Morgan fingerprint density at radius 3 is 2.25 bits per heavy atom. The second kappa shape index (κ2) is 7.12. The van der Waals surface area contributed by atoms with Gasteiger partial charge < -0.3 is 10.2 Å². The first-order chi connectivity index (χ1) is 9.56. The highest BCUT2D eigenvalue weighted by Gasteiger charge is 2.25. The van der Waals surface area contributed by atoms with E-state index in [0.29, 0.717) is 12.0 Å². The van der Waals surface area contributed by atoms with Crippen LogP contribution in [-0.4, -0.2) is 19.1 Å². The van der Waals surface area contributed by atoms with Crippen LogP contribution >= 0.6 is 0 Å². The van der Waals surface area contributed by atoms with Crippen molar-refractivity contribution in [3.05, 3.63) is 29.8 Å². The summed E-state index contributed by atoms with van der Waals surface area (Å²) in [4.78, 5) is 2.54. The van der Waals surface area contributed by atoms with Crippen LogP contribution in [0.25, 0.3) is 0 Å². The number of rotatable bonds is 8. The van der Waals surface area contributed by atoms with Crippen molar-refractivity contribution in [3.63, 3.8) is 0 Å². The summed E-state index contributed by atoms with van der Waals surface area (Å²) in [6.45, 7) is 12.4. The molecule has 1 saturated carbocycles. The molecular formula is C18H30N2. The monoisotopic (exact) mass is 274 g/mol. The molecule has 1 aromatic carbocycles. The van der Waals surface area contributed by atoms with Gasteiger partial charge in [0.2, 0.25) is 0 Å². The van der Waals surface area contributed by atoms with Crippen LogP contribution in [0.3, 0.4) is 0 Å². The Morgan fingerprint density at radius 1 is 1.10 bits per heavy atom. The predicted molar refractivity (Wildman–Crippen MR) is 88.2 cm³/mol. The van der Waals surface area contributed by atoms with E-state index in [4.69, 9.17) is 0 Å². The van der Waals surface area contributed by atoms with Crippen LogP contribution in [0.5, 0.6) is 0 Å². The third kappa shape index (κ3) is 4.82. The number of hydrogen-bond donors (Lipinski definition) is 1. The van der Waals surface area contributed by atoms with Crippen LogP contribution in [0.4, 0.5) is 5.69 Å². The molecule has 2 heteroatoms. The lowest BCUT2D eigenvalue weighted by molar-refractivity contribution is 0.552. The van der Waals surface area contributed by atoms with Gasteiger partial charge >= 0.3 is 0 Å². The Hall–Kier alpha value is -1.02. The summed E-state index contributed by atoms with van der Waals surface area (Å²) in [5.41, 5.74) is 2.75. The average molecular weight is 274 g/mol. The molecule has 0 heterocycles. The van der Waals surface area contributed by atoms with Gasteiger partial charge in [0.05, 0.1) is 0 Å². The van der Waals surface area contributed by atoms with Gasteiger partial charge in [0, 0.05) is 24.8 Å². The van der Waals surface area contributed by atoms with Crippen LogP contribution in [0, 0.1) is 11.8 Å². The van der Waals surface area contributed by atoms with Crippen LogP contribution in [-0.2, 0) is 6.54 Å². The van der Waals surface area contributed by atoms with Crippen LogP contribution in [0.2, 0.25) is 0 Å². The highest BCUT2D eigenvalue weighted by atomic mass is 15.2. The van der Waals surface area contributed by atoms with E-state index in [9.17, 15) is 0 Å². The minimum atomic E-state index is 0.584. The zero-order valence-electron chi connectivity index (χ0n) is 13.5. The largest absolute Gasteiger partial charge is 0.369 e. The van der Waals surface area contributed by atoms with Crippen LogP contribution < -0.4 is 10.2 Å². The van der Waals surface area contributed by atoms with Gasteiger partial charge in [-0.3, -0.25) is 0 Å². The van der Waals surface area contributed by atoms with Crippen molar-refractivity contribution in [3.8, 4) is 0 Å². The van der Waals surface area contributed by atoms with E-state index in [-0.39, 0.29) is 0 Å². The Morgan fingerprint density at radius 2 is 1.75 bits per heavy atom. The SMILES string of the molecule is CC(C)CNCc1ccc(N(CC2CC2)C(C)C)cc1. The summed E-state index contributed by atoms with van der Waals surface area (Å²) in [5, 5.41) is 3.50. The van der Waals surface area contributed by atoms with Crippen LogP contribution in [0.1, 0.15) is 46.1 Å². The van der Waals surface area contributed by atoms with Gasteiger partial charge in [-0.2, -0.15) is 0 Å². The quantitative estimate of drug-likeness (QED) is 0.769. The van der Waals surface area contributed by atoms with Gasteiger partial charge in [-0.25, -0.2) is 0 Å². The first kappa shape index (κ1) is 15.4. The molecule has 0 amide bonds. The molecule has 20 heavy (non-hydrogen) atoms. The Balaban J connectivity index is 1.91. The molecule has 0 unspecified atom stereocenters. The van der Waals surface area contributed by atoms with Gasteiger partial charge in [0.15, 0.2) is 0 Å². The molecule has 1 fully saturated rings. The second-order valence-corrected chi connectivity index (χ2v) is 6.88. The molecule has 1 aliphatic rings. The lowest BCUT2D eigenvalue weighted by Crippen LogP contribution is -2.32. The summed E-state index contributed by atoms with van der Waals surface area (Å²) in [5.74, 6) is 1.65. The summed E-state index contributed by atoms with van der Waals surface area (Å²) < 4.78 is 0. The topological polar surface area (TPSA) is 15.3 Å². The highest BCUT2D eigenvalue weighted by Crippen LogP contribution is 2.32. The summed E-state index contributed by atoms with van der Waals surface area (Å²) in [6, 6.07) is 9.69. The molecular weight excluding hydrogens is 244 g/mol. The maximum atomic E-state index is 3.50. The lowest BCUT2D eigenvalue weighted by Gasteiger charge is -2.29. The fraction of sp³-hybridized carbons (Fsp3) is 0.667. The Labute approximate surface area is 124 Å². The summed E-state index contributed by atoms with van der Waals surface area (Å²) >= 11 is 0. The van der Waals surface area contributed by atoms with Crippen molar-refractivity contribution < 1.29 is 0 Å². The molecule has 0 saturated heterocycles. The predicted octanol–water partition coefficient (Wildman–Crippen LogP) is 4.06. The molecule has 1 aromatic rings. The van der Waals surface area contributed by atoms with Gasteiger partial charge in [-0.05, 0) is 62.8 Å². The maximum Gasteiger partial charge on any atom is 0.0368 e. The lowest BCUT2D eigenvalue weighted by atomic mass is 10.1. The van der Waals surface area contributed by atoms with E-state index in [2.05, 4.69) is 62.2 Å². The minimum absolute atomic E-state index is 0.584. The fourth-order valence-electron chi connectivity index (χ4n) is 2.50. The molecule has 2 nitrogen and oxygen atoms in total. The van der Waals surface area contributed by atoms with Crippen molar-refractivity contribution in [1.82, 2.24) is 5.32 Å². The molecule has 1 aliphatic carbocycles. The Bertz CT molecular complexity index is 390. The number of benzene rings is 1. The fourth-order valence-corrected chi connectivity index (χ4v) is 2.50. The molecule has 0 aliphatic heterocycles. The van der Waals surface area contributed by atoms with E-state index >= 15 is 0 Å². The van der Waals surface area contributed by atoms with Crippen molar-refractivity contribution in [2.24, 2.45) is 11.8 Å². The van der Waals surface area contributed by atoms with Gasteiger partial charge in [-0.1, -0.05) is 26.0 Å². The molecule has 0 spiro atoms. The van der Waals surface area contributed by atoms with Gasteiger partial charge in [-0.15, -0.1) is 0 Å². The summed E-state index contributed by atoms with van der Waals surface area (Å²) in [6.07, 6.45) is 2.83. The smallest absolute Gasteiger partial charge is 0.0368 e. The standard InChI is InChI=1S/C18H30N2/c1-14(2)11-19-12-16-7-9-18(10-8-16)20(15(3)4)13-17-5-6-17/h7-10,14-15,17,19H,5-6,11-13H2,1-4H3. The average Bonchev–Trinajstić information content (AvgIpc) is 3.20. The second-order valence-electron chi connectivity index (χ2n) is 6.88. The van der Waals surface area contributed by atoms with E-state index in [1.807, 2.05) is 0 Å². The normalized spacial score (nSPS) is 15.1. The van der Waals surface area contributed by atoms with Crippen molar-refractivity contribution in [2.75, 3.05) is 18.0 Å².